The van der Waals surface area contributed by atoms with Crippen LogP contribution in [0.15, 0.2) is 0 Å². The molecular weight excluding hydrogens is 336 g/mol. The van der Waals surface area contributed by atoms with Gasteiger partial charge in [0.1, 0.15) is 12.6 Å². The van der Waals surface area contributed by atoms with E-state index >= 15 is 0 Å². The van der Waals surface area contributed by atoms with E-state index in [1.165, 1.54) is 5.01 Å². The maximum absolute atomic E-state index is 11.1. The van der Waals surface area contributed by atoms with E-state index in [-0.39, 0.29) is 19.7 Å². The van der Waals surface area contributed by atoms with Gasteiger partial charge in [-0.1, -0.05) is 0 Å². The lowest BCUT2D eigenvalue weighted by atomic mass is 10.3. The lowest BCUT2D eigenvalue weighted by Crippen LogP contribution is -2.39. The largest absolute Gasteiger partial charge is 0.396 e. The Hall–Kier alpha value is 0.140. The van der Waals surface area contributed by atoms with Gasteiger partial charge < -0.3 is 24.7 Å². The van der Waals surface area contributed by atoms with Crippen molar-refractivity contribution in [2.24, 2.45) is 0 Å². The molecule has 0 aliphatic carbocycles. The molecule has 132 valence electrons. The zero-order valence-corrected chi connectivity index (χ0v) is 14.1. The van der Waals surface area contributed by atoms with Gasteiger partial charge in [0.25, 0.3) is 0 Å². The molecule has 12 heteroatoms. The number of hydrogen-bond acceptors (Lipinski definition) is 6. The van der Waals surface area contributed by atoms with E-state index in [4.69, 9.17) is 24.7 Å². The summed E-state index contributed by atoms with van der Waals surface area (Å²) >= 11 is 0. The van der Waals surface area contributed by atoms with Crippen LogP contribution in [0, 0.1) is 0 Å². The Morgan fingerprint density at radius 1 is 0.864 bits per heavy atom. The minimum Gasteiger partial charge on any atom is -0.396 e. The van der Waals surface area contributed by atoms with Crippen molar-refractivity contribution in [3.8, 4) is 0 Å². The summed E-state index contributed by atoms with van der Waals surface area (Å²) in [6, 6.07) is 0. The van der Waals surface area contributed by atoms with Crippen molar-refractivity contribution >= 4 is 15.2 Å². The van der Waals surface area contributed by atoms with Gasteiger partial charge >= 0.3 is 15.2 Å². The molecule has 10 nitrogen and oxygen atoms in total. The number of hydrogen-bond donors (Lipinski definition) is 5. The number of aliphatic hydroxyl groups excluding tert-OH is 1. The molecule has 1 saturated heterocycles. The second-order valence-electron chi connectivity index (χ2n) is 5.34. The summed E-state index contributed by atoms with van der Waals surface area (Å²) in [6.45, 7) is 2.45. The molecule has 0 unspecified atom stereocenters. The SMILES string of the molecule is O=P(O)(O)CN(CCCCO)CCN(CP(=O)(O)O)N1CC1. The second kappa shape index (κ2) is 8.84. The molecule has 22 heavy (non-hydrogen) atoms. The molecule has 1 fully saturated rings. The summed E-state index contributed by atoms with van der Waals surface area (Å²) in [4.78, 5) is 37.9. The number of aliphatic hydroxyl groups is 1. The summed E-state index contributed by atoms with van der Waals surface area (Å²) in [5, 5.41) is 12.1. The van der Waals surface area contributed by atoms with Crippen LogP contribution in [0.3, 0.4) is 0 Å². The Labute approximate surface area is 129 Å². The maximum atomic E-state index is 11.1. The van der Waals surface area contributed by atoms with Gasteiger partial charge in [0.2, 0.25) is 0 Å². The highest BCUT2D eigenvalue weighted by molar-refractivity contribution is 7.51. The first-order chi connectivity index (χ1) is 10.1. The van der Waals surface area contributed by atoms with E-state index < -0.39 is 27.8 Å². The fraction of sp³-hybridized carbons (Fsp3) is 1.00. The molecule has 0 bridgehead atoms. The second-order valence-corrected chi connectivity index (χ2v) is 8.57. The Morgan fingerprint density at radius 2 is 1.45 bits per heavy atom. The Kier molecular flexibility index (Phi) is 8.11. The van der Waals surface area contributed by atoms with Crippen molar-refractivity contribution in [3.05, 3.63) is 0 Å². The first-order valence-electron chi connectivity index (χ1n) is 7.03. The van der Waals surface area contributed by atoms with Crippen molar-refractivity contribution in [3.63, 3.8) is 0 Å². The van der Waals surface area contributed by atoms with Gasteiger partial charge in [0, 0.05) is 32.8 Å². The summed E-state index contributed by atoms with van der Waals surface area (Å²) in [6.07, 6.45) is 0.338. The lowest BCUT2D eigenvalue weighted by molar-refractivity contribution is 0.0877. The molecule has 0 aromatic heterocycles. The zero-order valence-electron chi connectivity index (χ0n) is 12.4. The first-order valence-corrected chi connectivity index (χ1v) is 10.6. The van der Waals surface area contributed by atoms with Crippen molar-refractivity contribution < 1.29 is 33.8 Å². The zero-order chi connectivity index (χ0) is 16.8. The average molecular weight is 361 g/mol. The van der Waals surface area contributed by atoms with Crippen molar-refractivity contribution in [2.45, 2.75) is 12.8 Å². The van der Waals surface area contributed by atoms with Crippen LogP contribution < -0.4 is 0 Å². The topological polar surface area (TPSA) is 145 Å². The van der Waals surface area contributed by atoms with Gasteiger partial charge in [0.15, 0.2) is 0 Å². The molecule has 0 aromatic rings. The summed E-state index contributed by atoms with van der Waals surface area (Å²) < 4.78 is 22.3. The Morgan fingerprint density at radius 3 is 1.91 bits per heavy atom. The molecule has 1 rings (SSSR count). The van der Waals surface area contributed by atoms with E-state index in [0.717, 1.165) is 13.1 Å². The molecule has 0 amide bonds. The summed E-state index contributed by atoms with van der Waals surface area (Å²) in [7, 11) is -8.39. The van der Waals surface area contributed by atoms with E-state index in [2.05, 4.69) is 0 Å². The molecule has 1 aliphatic heterocycles. The van der Waals surface area contributed by atoms with Crippen LogP contribution in [0.4, 0.5) is 0 Å². The standard InChI is InChI=1S/C10H25N3O7P2/c14-8-2-1-3-11(9-21(15,16)17)4-5-13(12-6-7-12)10-22(18,19)20/h14H,1-10H2,(H2,15,16,17)(H2,18,19,20). The van der Waals surface area contributed by atoms with Gasteiger partial charge in [-0.3, -0.25) is 14.0 Å². The van der Waals surface area contributed by atoms with E-state index in [0.29, 0.717) is 19.4 Å². The molecule has 1 aliphatic rings. The van der Waals surface area contributed by atoms with Crippen LogP contribution in [0.5, 0.6) is 0 Å². The molecule has 0 aromatic carbocycles. The number of rotatable bonds is 12. The van der Waals surface area contributed by atoms with Crippen molar-refractivity contribution in [1.82, 2.24) is 14.9 Å². The Balaban J connectivity index is 2.51. The molecule has 0 atom stereocenters. The third-order valence-electron chi connectivity index (χ3n) is 3.11. The van der Waals surface area contributed by atoms with Crippen LogP contribution in [0.2, 0.25) is 0 Å². The number of unbranched alkanes of at least 4 members (excludes halogenated alkanes) is 1. The average Bonchev–Trinajstić information content (AvgIpc) is 3.15. The van der Waals surface area contributed by atoms with Gasteiger partial charge in [0.05, 0.1) is 0 Å². The third-order valence-corrected chi connectivity index (χ3v) is 4.58. The first kappa shape index (κ1) is 20.2. The van der Waals surface area contributed by atoms with E-state index in [9.17, 15) is 9.13 Å². The molecule has 5 N–H and O–H groups in total. The molecular formula is C10H25N3O7P2. The van der Waals surface area contributed by atoms with Crippen LogP contribution >= 0.6 is 15.2 Å². The molecule has 0 radical (unpaired) electrons. The highest BCUT2D eigenvalue weighted by atomic mass is 31.2. The molecule has 0 spiro atoms. The monoisotopic (exact) mass is 361 g/mol. The number of nitrogens with zero attached hydrogens (tertiary/aromatic N) is 3. The lowest BCUT2D eigenvalue weighted by Gasteiger charge is -2.28. The van der Waals surface area contributed by atoms with Crippen LogP contribution in [-0.2, 0) is 9.13 Å². The van der Waals surface area contributed by atoms with Crippen LogP contribution in [0.25, 0.3) is 0 Å². The maximum Gasteiger partial charge on any atom is 0.340 e. The van der Waals surface area contributed by atoms with Gasteiger partial charge in [-0.05, 0) is 19.4 Å². The third kappa shape index (κ3) is 10.0. The Bertz CT molecular complexity index is 423. The van der Waals surface area contributed by atoms with Gasteiger partial charge in [-0.25, -0.2) is 10.0 Å². The quantitative estimate of drug-likeness (QED) is 0.164. The van der Waals surface area contributed by atoms with Crippen molar-refractivity contribution in [2.75, 3.05) is 51.9 Å². The smallest absolute Gasteiger partial charge is 0.340 e. The molecule has 0 saturated carbocycles. The van der Waals surface area contributed by atoms with Crippen molar-refractivity contribution in [1.29, 1.82) is 0 Å². The minimum atomic E-state index is -4.20. The van der Waals surface area contributed by atoms with Gasteiger partial charge in [-0.15, -0.1) is 0 Å². The summed E-state index contributed by atoms with van der Waals surface area (Å²) in [5.41, 5.74) is 0. The highest BCUT2D eigenvalue weighted by Gasteiger charge is 2.31. The minimum absolute atomic E-state index is 0.0157. The normalized spacial score (nSPS) is 16.7. The van der Waals surface area contributed by atoms with Crippen LogP contribution in [0.1, 0.15) is 12.8 Å². The van der Waals surface area contributed by atoms with E-state index in [1.807, 2.05) is 0 Å². The van der Waals surface area contributed by atoms with Gasteiger partial charge in [-0.2, -0.15) is 0 Å². The fourth-order valence-corrected chi connectivity index (χ4v) is 3.61. The predicted octanol–water partition coefficient (Wildman–Crippen LogP) is -1.14. The predicted molar refractivity (Wildman–Crippen MR) is 80.0 cm³/mol. The van der Waals surface area contributed by atoms with E-state index in [1.54, 1.807) is 9.91 Å². The molecule has 1 heterocycles. The summed E-state index contributed by atoms with van der Waals surface area (Å²) in [5.74, 6) is 0. The van der Waals surface area contributed by atoms with Crippen LogP contribution in [-0.4, -0.2) is 91.5 Å². The highest BCUT2D eigenvalue weighted by Crippen LogP contribution is 2.37. The number of hydrazine groups is 1. The fourth-order valence-electron chi connectivity index (χ4n) is 2.06.